The lowest BCUT2D eigenvalue weighted by molar-refractivity contribution is 0.102. The number of ether oxygens (including phenoxy) is 2. The SMILES string of the molecule is OCCNC[C@H](O)COc1nsnc1N1CCOCC1. The maximum absolute atomic E-state index is 9.73. The monoisotopic (exact) mass is 304 g/mol. The van der Waals surface area contributed by atoms with Gasteiger partial charge in [0.05, 0.1) is 31.5 Å². The van der Waals surface area contributed by atoms with Crippen molar-refractivity contribution in [3.05, 3.63) is 0 Å². The molecule has 1 saturated heterocycles. The molecule has 2 rings (SSSR count). The average molecular weight is 304 g/mol. The van der Waals surface area contributed by atoms with E-state index < -0.39 is 6.10 Å². The minimum atomic E-state index is -0.652. The van der Waals surface area contributed by atoms with Gasteiger partial charge in [0, 0.05) is 26.2 Å². The van der Waals surface area contributed by atoms with Crippen LogP contribution >= 0.6 is 11.7 Å². The fraction of sp³-hybridized carbons (Fsp3) is 0.818. The summed E-state index contributed by atoms with van der Waals surface area (Å²) in [5, 5.41) is 21.3. The van der Waals surface area contributed by atoms with E-state index in [4.69, 9.17) is 14.6 Å². The fourth-order valence-corrected chi connectivity index (χ4v) is 2.34. The summed E-state index contributed by atoms with van der Waals surface area (Å²) in [7, 11) is 0. The first kappa shape index (κ1) is 15.4. The molecule has 1 fully saturated rings. The van der Waals surface area contributed by atoms with Gasteiger partial charge in [0.2, 0.25) is 5.82 Å². The highest BCUT2D eigenvalue weighted by molar-refractivity contribution is 6.99. The molecule has 0 saturated carbocycles. The van der Waals surface area contributed by atoms with Crippen LogP contribution < -0.4 is 15.0 Å². The third-order valence-electron chi connectivity index (χ3n) is 2.83. The van der Waals surface area contributed by atoms with Crippen LogP contribution in [0.1, 0.15) is 0 Å². The number of anilines is 1. The summed E-state index contributed by atoms with van der Waals surface area (Å²) in [4.78, 5) is 2.07. The van der Waals surface area contributed by atoms with Crippen LogP contribution in [0.25, 0.3) is 0 Å². The predicted molar refractivity (Wildman–Crippen MR) is 74.4 cm³/mol. The molecule has 0 spiro atoms. The normalized spacial score (nSPS) is 17.2. The number of nitrogens with one attached hydrogen (secondary N) is 1. The van der Waals surface area contributed by atoms with Crippen LogP contribution in [0.15, 0.2) is 0 Å². The summed E-state index contributed by atoms with van der Waals surface area (Å²) >= 11 is 1.10. The van der Waals surface area contributed by atoms with E-state index in [1.807, 2.05) is 0 Å². The van der Waals surface area contributed by atoms with Crippen LogP contribution in [0.3, 0.4) is 0 Å². The number of nitrogens with zero attached hydrogens (tertiary/aromatic N) is 3. The fourth-order valence-electron chi connectivity index (χ4n) is 1.82. The van der Waals surface area contributed by atoms with Crippen molar-refractivity contribution < 1.29 is 19.7 Å². The van der Waals surface area contributed by atoms with Crippen molar-refractivity contribution in [2.75, 3.05) is 57.5 Å². The molecule has 1 atom stereocenters. The molecule has 1 aliphatic heterocycles. The van der Waals surface area contributed by atoms with Crippen LogP contribution in [0.4, 0.5) is 5.82 Å². The molecule has 0 aliphatic carbocycles. The predicted octanol–water partition coefficient (Wildman–Crippen LogP) is -1.30. The first-order valence-electron chi connectivity index (χ1n) is 6.59. The van der Waals surface area contributed by atoms with Gasteiger partial charge in [-0.1, -0.05) is 0 Å². The van der Waals surface area contributed by atoms with Crippen molar-refractivity contribution in [1.29, 1.82) is 0 Å². The number of hydrogen-bond donors (Lipinski definition) is 3. The number of morpholine rings is 1. The van der Waals surface area contributed by atoms with E-state index >= 15 is 0 Å². The molecular formula is C11H20N4O4S. The van der Waals surface area contributed by atoms with Gasteiger partial charge in [-0.25, -0.2) is 0 Å². The zero-order valence-corrected chi connectivity index (χ0v) is 12.0. The number of hydrogen-bond acceptors (Lipinski definition) is 9. The summed E-state index contributed by atoms with van der Waals surface area (Å²) in [5.41, 5.74) is 0. The van der Waals surface area contributed by atoms with Crippen LogP contribution in [0, 0.1) is 0 Å². The Morgan fingerprint density at radius 2 is 2.20 bits per heavy atom. The maximum atomic E-state index is 9.73. The summed E-state index contributed by atoms with van der Waals surface area (Å²) < 4.78 is 19.2. The Hall–Kier alpha value is -1.00. The third kappa shape index (κ3) is 4.53. The Bertz CT molecular complexity index is 386. The van der Waals surface area contributed by atoms with Gasteiger partial charge in [-0.2, -0.15) is 4.37 Å². The number of aromatic nitrogens is 2. The van der Waals surface area contributed by atoms with Gasteiger partial charge in [-0.15, -0.1) is 4.37 Å². The average Bonchev–Trinajstić information content (AvgIpc) is 2.95. The quantitative estimate of drug-likeness (QED) is 0.509. The van der Waals surface area contributed by atoms with E-state index in [0.29, 0.717) is 38.0 Å². The molecular weight excluding hydrogens is 284 g/mol. The van der Waals surface area contributed by atoms with Crippen LogP contribution in [-0.4, -0.2) is 77.7 Å². The molecule has 0 amide bonds. The summed E-state index contributed by atoms with van der Waals surface area (Å²) in [6.07, 6.45) is -0.652. The Morgan fingerprint density at radius 1 is 1.40 bits per heavy atom. The van der Waals surface area contributed by atoms with Crippen LogP contribution in [0.5, 0.6) is 5.88 Å². The molecule has 0 unspecified atom stereocenters. The summed E-state index contributed by atoms with van der Waals surface area (Å²) in [6, 6.07) is 0. The summed E-state index contributed by atoms with van der Waals surface area (Å²) in [6.45, 7) is 3.88. The largest absolute Gasteiger partial charge is 0.472 e. The van der Waals surface area contributed by atoms with Crippen molar-refractivity contribution in [2.45, 2.75) is 6.10 Å². The molecule has 3 N–H and O–H groups in total. The molecule has 1 aromatic rings. The lowest BCUT2D eigenvalue weighted by Gasteiger charge is -2.26. The highest BCUT2D eigenvalue weighted by Gasteiger charge is 2.20. The Balaban J connectivity index is 1.79. The van der Waals surface area contributed by atoms with Crippen molar-refractivity contribution in [2.24, 2.45) is 0 Å². The zero-order valence-electron chi connectivity index (χ0n) is 11.2. The van der Waals surface area contributed by atoms with Gasteiger partial charge >= 0.3 is 0 Å². The lowest BCUT2D eigenvalue weighted by Crippen LogP contribution is -2.37. The number of rotatable bonds is 8. The highest BCUT2D eigenvalue weighted by Crippen LogP contribution is 2.26. The minimum Gasteiger partial charge on any atom is -0.472 e. The standard InChI is InChI=1S/C11H20N4O4S/c16-4-1-12-7-9(17)8-19-11-10(13-20-14-11)15-2-5-18-6-3-15/h9,12,16-17H,1-8H2/t9-/m0/s1. The molecule has 9 heteroatoms. The van der Waals surface area contributed by atoms with Gasteiger partial charge in [0.1, 0.15) is 12.7 Å². The highest BCUT2D eigenvalue weighted by atomic mass is 32.1. The molecule has 2 heterocycles. The molecule has 20 heavy (non-hydrogen) atoms. The first-order valence-corrected chi connectivity index (χ1v) is 7.32. The summed E-state index contributed by atoms with van der Waals surface area (Å²) in [5.74, 6) is 1.17. The maximum Gasteiger partial charge on any atom is 0.270 e. The minimum absolute atomic E-state index is 0.0464. The molecule has 114 valence electrons. The molecule has 1 aliphatic rings. The van der Waals surface area contributed by atoms with E-state index in [2.05, 4.69) is 19.0 Å². The van der Waals surface area contributed by atoms with Crippen LogP contribution in [-0.2, 0) is 4.74 Å². The van der Waals surface area contributed by atoms with E-state index in [9.17, 15) is 5.11 Å². The number of aliphatic hydroxyl groups is 2. The second-order valence-corrected chi connectivity index (χ2v) is 4.91. The molecule has 0 radical (unpaired) electrons. The second-order valence-electron chi connectivity index (χ2n) is 4.38. The van der Waals surface area contributed by atoms with Gasteiger partial charge < -0.3 is 29.9 Å². The molecule has 0 aromatic carbocycles. The van der Waals surface area contributed by atoms with Crippen LogP contribution in [0.2, 0.25) is 0 Å². The van der Waals surface area contributed by atoms with Gasteiger partial charge in [-0.05, 0) is 0 Å². The molecule has 1 aromatic heterocycles. The smallest absolute Gasteiger partial charge is 0.270 e. The molecule has 0 bridgehead atoms. The zero-order chi connectivity index (χ0) is 14.2. The topological polar surface area (TPSA) is 100.0 Å². The van der Waals surface area contributed by atoms with Gasteiger partial charge in [0.25, 0.3) is 5.88 Å². The van der Waals surface area contributed by atoms with Gasteiger partial charge in [-0.3, -0.25) is 0 Å². The van der Waals surface area contributed by atoms with E-state index in [1.165, 1.54) is 0 Å². The van der Waals surface area contributed by atoms with E-state index in [0.717, 1.165) is 24.8 Å². The molecule has 8 nitrogen and oxygen atoms in total. The van der Waals surface area contributed by atoms with Crippen molar-refractivity contribution in [1.82, 2.24) is 14.1 Å². The van der Waals surface area contributed by atoms with E-state index in [-0.39, 0.29) is 13.2 Å². The van der Waals surface area contributed by atoms with Crippen molar-refractivity contribution in [3.8, 4) is 5.88 Å². The van der Waals surface area contributed by atoms with Crippen molar-refractivity contribution >= 4 is 17.5 Å². The Labute approximate surface area is 121 Å². The second kappa shape index (κ2) is 8.32. The Kier molecular flexibility index (Phi) is 6.40. The Morgan fingerprint density at radius 3 is 2.95 bits per heavy atom. The van der Waals surface area contributed by atoms with Gasteiger partial charge in [0.15, 0.2) is 0 Å². The van der Waals surface area contributed by atoms with E-state index in [1.54, 1.807) is 0 Å². The van der Waals surface area contributed by atoms with Crippen molar-refractivity contribution in [3.63, 3.8) is 0 Å². The lowest BCUT2D eigenvalue weighted by atomic mass is 10.3. The first-order chi connectivity index (χ1) is 9.81. The number of aliphatic hydroxyl groups excluding tert-OH is 2. The third-order valence-corrected chi connectivity index (χ3v) is 3.34.